The molecule has 0 aliphatic carbocycles. The molecule has 0 aliphatic heterocycles. The summed E-state index contributed by atoms with van der Waals surface area (Å²) in [5.41, 5.74) is 7.83. The van der Waals surface area contributed by atoms with Crippen LogP contribution in [0, 0.1) is 5.92 Å². The first-order valence-electron chi connectivity index (χ1n) is 12.6. The quantitative estimate of drug-likeness (QED) is 0.227. The maximum absolute atomic E-state index is 13.4. The lowest BCUT2D eigenvalue weighted by atomic mass is 10.0. The van der Waals surface area contributed by atoms with Gasteiger partial charge in [-0.15, -0.1) is 0 Å². The van der Waals surface area contributed by atoms with Crippen LogP contribution in [0.15, 0.2) is 73.3 Å². The third kappa shape index (κ3) is 10.5. The van der Waals surface area contributed by atoms with E-state index in [0.717, 1.165) is 11.1 Å². The molecule has 0 unspecified atom stereocenters. The maximum atomic E-state index is 13.4. The first kappa shape index (κ1) is 30.7. The zero-order valence-corrected chi connectivity index (χ0v) is 22.3. The van der Waals surface area contributed by atoms with E-state index in [1.165, 1.54) is 6.08 Å². The van der Waals surface area contributed by atoms with E-state index in [2.05, 4.69) is 17.2 Å². The summed E-state index contributed by atoms with van der Waals surface area (Å²) >= 11 is 0. The van der Waals surface area contributed by atoms with Crippen molar-refractivity contribution in [1.82, 2.24) is 10.6 Å². The molecule has 0 saturated carbocycles. The molecule has 2 amide bonds. The van der Waals surface area contributed by atoms with Crippen molar-refractivity contribution in [3.63, 3.8) is 0 Å². The molecule has 0 bridgehead atoms. The molecule has 0 fully saturated rings. The van der Waals surface area contributed by atoms with Crippen LogP contribution in [0.1, 0.15) is 31.9 Å². The van der Waals surface area contributed by atoms with Gasteiger partial charge in [-0.05, 0) is 24.0 Å². The van der Waals surface area contributed by atoms with Crippen molar-refractivity contribution in [1.29, 1.82) is 0 Å². The average molecular weight is 526 g/mol. The summed E-state index contributed by atoms with van der Waals surface area (Å²) in [6.45, 7) is 9.14. The Morgan fingerprint density at radius 1 is 0.895 bits per heavy atom. The van der Waals surface area contributed by atoms with Crippen molar-refractivity contribution in [2.24, 2.45) is 11.7 Å². The molecule has 0 heterocycles. The lowest BCUT2D eigenvalue weighted by molar-refractivity contribution is -0.149. The Balaban J connectivity index is 2.15. The van der Waals surface area contributed by atoms with Gasteiger partial charge in [-0.3, -0.25) is 9.59 Å². The molecule has 4 N–H and O–H groups in total. The second-order valence-corrected chi connectivity index (χ2v) is 9.24. The Morgan fingerprint density at radius 3 is 2.03 bits per heavy atom. The van der Waals surface area contributed by atoms with Gasteiger partial charge in [0.1, 0.15) is 12.6 Å². The molecule has 206 valence electrons. The number of esters is 1. The molecule has 2 aromatic rings. The van der Waals surface area contributed by atoms with Crippen molar-refractivity contribution in [3.05, 3.63) is 84.4 Å². The van der Waals surface area contributed by atoms with E-state index in [1.807, 2.05) is 74.5 Å². The van der Waals surface area contributed by atoms with Crippen molar-refractivity contribution >= 4 is 17.8 Å². The van der Waals surface area contributed by atoms with Gasteiger partial charge in [0, 0.05) is 0 Å². The lowest BCUT2D eigenvalue weighted by Gasteiger charge is -2.28. The Morgan fingerprint density at radius 2 is 1.47 bits per heavy atom. The van der Waals surface area contributed by atoms with Gasteiger partial charge in [0.05, 0.1) is 32.0 Å². The molecular weight excluding hydrogens is 486 g/mol. The maximum Gasteiger partial charge on any atom is 0.331 e. The number of amides is 2. The average Bonchev–Trinajstić information content (AvgIpc) is 2.93. The Labute approximate surface area is 224 Å². The van der Waals surface area contributed by atoms with E-state index in [-0.39, 0.29) is 32.3 Å². The molecule has 0 radical (unpaired) electrons. The van der Waals surface area contributed by atoms with Crippen LogP contribution in [-0.2, 0) is 41.8 Å². The van der Waals surface area contributed by atoms with Gasteiger partial charge in [0.15, 0.2) is 6.04 Å². The number of ether oxygens (including phenoxy) is 3. The van der Waals surface area contributed by atoms with Crippen LogP contribution in [0.5, 0.6) is 0 Å². The fourth-order valence-electron chi connectivity index (χ4n) is 3.39. The number of benzene rings is 2. The fourth-order valence-corrected chi connectivity index (χ4v) is 3.39. The third-order valence-corrected chi connectivity index (χ3v) is 5.77. The predicted octanol–water partition coefficient (Wildman–Crippen LogP) is 2.49. The Hall–Kier alpha value is -3.53. The van der Waals surface area contributed by atoms with Gasteiger partial charge in [0.2, 0.25) is 11.8 Å². The Kier molecular flexibility index (Phi) is 13.2. The molecule has 0 saturated heterocycles. The van der Waals surface area contributed by atoms with Crippen LogP contribution in [0.4, 0.5) is 0 Å². The second-order valence-electron chi connectivity index (χ2n) is 9.24. The molecule has 38 heavy (non-hydrogen) atoms. The molecule has 4 atom stereocenters. The molecular formula is C29H39N3O6. The van der Waals surface area contributed by atoms with E-state index in [0.29, 0.717) is 0 Å². The van der Waals surface area contributed by atoms with E-state index in [1.54, 1.807) is 6.92 Å². The summed E-state index contributed by atoms with van der Waals surface area (Å²) in [6, 6.07) is 15.8. The summed E-state index contributed by atoms with van der Waals surface area (Å²) in [5, 5.41) is 5.35. The first-order valence-corrected chi connectivity index (χ1v) is 12.6. The minimum Gasteiger partial charge on any atom is -0.460 e. The van der Waals surface area contributed by atoms with Crippen LogP contribution in [-0.4, -0.2) is 55.2 Å². The fraction of sp³-hybridized carbons (Fsp3) is 0.414. The minimum absolute atomic E-state index is 0.0239. The predicted molar refractivity (Wildman–Crippen MR) is 145 cm³/mol. The normalized spacial score (nSPS) is 14.1. The highest BCUT2D eigenvalue weighted by Crippen LogP contribution is 2.09. The SMILES string of the molecule is C=CCOC(=O)[C@H](COCc1ccccc1)NC(=O)[C@@H](NC(=O)[C@@H](N)C(C)C)[C@H](C)OCc1ccccc1. The van der Waals surface area contributed by atoms with Gasteiger partial charge in [0.25, 0.3) is 0 Å². The molecule has 2 aromatic carbocycles. The number of nitrogens with one attached hydrogen (secondary N) is 2. The topological polar surface area (TPSA) is 129 Å². The molecule has 2 rings (SSSR count). The number of rotatable bonds is 16. The summed E-state index contributed by atoms with van der Waals surface area (Å²) in [7, 11) is 0. The summed E-state index contributed by atoms with van der Waals surface area (Å²) in [4.78, 5) is 38.9. The van der Waals surface area contributed by atoms with Gasteiger partial charge in [-0.25, -0.2) is 4.79 Å². The van der Waals surface area contributed by atoms with Gasteiger partial charge < -0.3 is 30.6 Å². The molecule has 0 aliphatic rings. The third-order valence-electron chi connectivity index (χ3n) is 5.77. The van der Waals surface area contributed by atoms with Crippen molar-refractivity contribution < 1.29 is 28.6 Å². The Bertz CT molecular complexity index is 1020. The highest BCUT2D eigenvalue weighted by atomic mass is 16.5. The van der Waals surface area contributed by atoms with E-state index < -0.39 is 42.0 Å². The number of hydrogen-bond acceptors (Lipinski definition) is 7. The summed E-state index contributed by atoms with van der Waals surface area (Å²) < 4.78 is 16.8. The number of carbonyl (C=O) groups excluding carboxylic acids is 3. The molecule has 9 heteroatoms. The van der Waals surface area contributed by atoms with E-state index >= 15 is 0 Å². The molecule has 0 aromatic heterocycles. The summed E-state index contributed by atoms with van der Waals surface area (Å²) in [5.74, 6) is -1.96. The van der Waals surface area contributed by atoms with Gasteiger partial charge >= 0.3 is 5.97 Å². The van der Waals surface area contributed by atoms with Gasteiger partial charge in [-0.2, -0.15) is 0 Å². The standard InChI is InChI=1S/C29H39N3O6/c1-5-16-37-29(35)24(19-36-17-22-12-8-6-9-13-22)31-28(34)26(32-27(33)25(30)20(2)3)21(4)38-18-23-14-10-7-11-15-23/h5-15,20-21,24-26H,1,16-19,30H2,2-4H3,(H,31,34)(H,32,33)/t21-,24-,25-,26-/m0/s1. The van der Waals surface area contributed by atoms with Crippen LogP contribution < -0.4 is 16.4 Å². The van der Waals surface area contributed by atoms with Crippen molar-refractivity contribution in [2.75, 3.05) is 13.2 Å². The van der Waals surface area contributed by atoms with Crippen LogP contribution in [0.2, 0.25) is 0 Å². The van der Waals surface area contributed by atoms with Crippen LogP contribution in [0.3, 0.4) is 0 Å². The molecule has 9 nitrogen and oxygen atoms in total. The highest BCUT2D eigenvalue weighted by Gasteiger charge is 2.33. The molecule has 0 spiro atoms. The van der Waals surface area contributed by atoms with E-state index in [4.69, 9.17) is 19.9 Å². The summed E-state index contributed by atoms with van der Waals surface area (Å²) in [6.07, 6.45) is 0.686. The van der Waals surface area contributed by atoms with Crippen molar-refractivity contribution in [2.45, 2.75) is 58.2 Å². The number of nitrogens with two attached hydrogens (primary N) is 1. The van der Waals surface area contributed by atoms with Crippen LogP contribution >= 0.6 is 0 Å². The smallest absolute Gasteiger partial charge is 0.331 e. The number of hydrogen-bond donors (Lipinski definition) is 3. The monoisotopic (exact) mass is 525 g/mol. The largest absolute Gasteiger partial charge is 0.460 e. The zero-order valence-electron chi connectivity index (χ0n) is 22.3. The van der Waals surface area contributed by atoms with Crippen molar-refractivity contribution in [3.8, 4) is 0 Å². The first-order chi connectivity index (χ1) is 18.2. The van der Waals surface area contributed by atoms with Gasteiger partial charge in [-0.1, -0.05) is 87.2 Å². The minimum atomic E-state index is -1.13. The highest BCUT2D eigenvalue weighted by molar-refractivity contribution is 5.92. The zero-order chi connectivity index (χ0) is 27.9. The lowest BCUT2D eigenvalue weighted by Crippen LogP contribution is -2.59. The van der Waals surface area contributed by atoms with Crippen LogP contribution in [0.25, 0.3) is 0 Å². The van der Waals surface area contributed by atoms with E-state index in [9.17, 15) is 14.4 Å². The second kappa shape index (κ2) is 16.3. The number of carbonyl (C=O) groups is 3.